The Bertz CT molecular complexity index is 529. The quantitative estimate of drug-likeness (QED) is 0.113. The highest BCUT2D eigenvalue weighted by Gasteiger charge is 2.35. The summed E-state index contributed by atoms with van der Waals surface area (Å²) in [5, 5.41) is 2.96. The van der Waals surface area contributed by atoms with Crippen LogP contribution in [0.4, 0.5) is 0 Å². The first-order valence-electron chi connectivity index (χ1n) is 13.9. The SMILES string of the molecule is CCCCCC/C=C/CCCCCCCCCCCC1=NCC[N+]1(CC)CCNC(C)=O. The summed E-state index contributed by atoms with van der Waals surface area (Å²) in [4.78, 5) is 16.0. The maximum Gasteiger partial charge on any atom is 0.217 e. The van der Waals surface area contributed by atoms with Crippen LogP contribution in [-0.4, -0.2) is 48.9 Å². The molecule has 1 rings (SSSR count). The molecule has 0 aliphatic carbocycles. The molecule has 1 amide bonds. The number of amidine groups is 1. The van der Waals surface area contributed by atoms with E-state index in [0.717, 1.165) is 43.6 Å². The van der Waals surface area contributed by atoms with E-state index in [1.807, 2.05) is 0 Å². The van der Waals surface area contributed by atoms with E-state index in [1.54, 1.807) is 6.92 Å². The minimum atomic E-state index is 0.0712. The second-order valence-electron chi connectivity index (χ2n) is 9.73. The van der Waals surface area contributed by atoms with Crippen LogP contribution in [0.3, 0.4) is 0 Å². The first-order valence-corrected chi connectivity index (χ1v) is 13.9. The number of aliphatic imine (C=N–C) groups is 1. The molecule has 186 valence electrons. The number of nitrogens with zero attached hydrogens (tertiary/aromatic N) is 2. The zero-order chi connectivity index (χ0) is 23.3. The normalized spacial score (nSPS) is 18.4. The van der Waals surface area contributed by atoms with Crippen molar-refractivity contribution in [3.05, 3.63) is 12.2 Å². The average Bonchev–Trinajstić information content (AvgIpc) is 3.18. The Kier molecular flexibility index (Phi) is 17.4. The van der Waals surface area contributed by atoms with Gasteiger partial charge in [-0.05, 0) is 39.0 Å². The molecule has 1 N–H and O–H groups in total. The minimum Gasteiger partial charge on any atom is -0.351 e. The number of likely N-dealkylation sites (N-methyl/N-ethyl adjacent to an activating group) is 1. The van der Waals surface area contributed by atoms with Gasteiger partial charge in [0, 0.05) is 13.3 Å². The Morgan fingerprint density at radius 3 is 2.00 bits per heavy atom. The van der Waals surface area contributed by atoms with Crippen molar-refractivity contribution in [2.75, 3.05) is 32.7 Å². The molecule has 0 fully saturated rings. The summed E-state index contributed by atoms with van der Waals surface area (Å²) in [5.41, 5.74) is 0. The van der Waals surface area contributed by atoms with Crippen molar-refractivity contribution in [1.82, 2.24) is 5.32 Å². The fourth-order valence-electron chi connectivity index (χ4n) is 4.86. The highest BCUT2D eigenvalue weighted by atomic mass is 16.1. The van der Waals surface area contributed by atoms with Crippen molar-refractivity contribution in [1.29, 1.82) is 0 Å². The molecular formula is C28H54N3O+. The molecule has 0 aromatic rings. The largest absolute Gasteiger partial charge is 0.351 e. The van der Waals surface area contributed by atoms with Crippen LogP contribution in [0.15, 0.2) is 17.1 Å². The fourth-order valence-corrected chi connectivity index (χ4v) is 4.86. The van der Waals surface area contributed by atoms with Crippen LogP contribution in [0.25, 0.3) is 0 Å². The van der Waals surface area contributed by atoms with Gasteiger partial charge in [0.15, 0.2) is 5.84 Å². The average molecular weight is 449 g/mol. The number of rotatable bonds is 21. The van der Waals surface area contributed by atoms with Gasteiger partial charge in [0.25, 0.3) is 0 Å². The monoisotopic (exact) mass is 448 g/mol. The van der Waals surface area contributed by atoms with Gasteiger partial charge < -0.3 is 5.32 Å². The minimum absolute atomic E-state index is 0.0712. The first-order chi connectivity index (χ1) is 15.6. The van der Waals surface area contributed by atoms with Gasteiger partial charge in [-0.15, -0.1) is 0 Å². The summed E-state index contributed by atoms with van der Waals surface area (Å²) >= 11 is 0. The Labute approximate surface area is 199 Å². The van der Waals surface area contributed by atoms with E-state index >= 15 is 0 Å². The van der Waals surface area contributed by atoms with E-state index in [9.17, 15) is 4.79 Å². The predicted octanol–water partition coefficient (Wildman–Crippen LogP) is 7.19. The van der Waals surface area contributed by atoms with Gasteiger partial charge in [0.2, 0.25) is 5.91 Å². The van der Waals surface area contributed by atoms with E-state index in [-0.39, 0.29) is 5.91 Å². The maximum absolute atomic E-state index is 11.2. The van der Waals surface area contributed by atoms with Gasteiger partial charge in [0.05, 0.1) is 19.6 Å². The molecule has 4 heteroatoms. The lowest BCUT2D eigenvalue weighted by atomic mass is 10.0. The molecule has 0 aromatic carbocycles. The second kappa shape index (κ2) is 19.3. The van der Waals surface area contributed by atoms with Crippen LogP contribution < -0.4 is 5.32 Å². The van der Waals surface area contributed by atoms with Crippen molar-refractivity contribution in [2.45, 2.75) is 124 Å². The molecule has 1 unspecified atom stereocenters. The molecule has 1 heterocycles. The number of unbranched alkanes of at least 4 members (excludes halogenated alkanes) is 13. The second-order valence-corrected chi connectivity index (χ2v) is 9.73. The summed E-state index contributed by atoms with van der Waals surface area (Å²) in [6.07, 6.45) is 26.3. The van der Waals surface area contributed by atoms with Gasteiger partial charge in [0.1, 0.15) is 13.1 Å². The van der Waals surface area contributed by atoms with Crippen molar-refractivity contribution in [3.63, 3.8) is 0 Å². The summed E-state index contributed by atoms with van der Waals surface area (Å²) in [5.74, 6) is 1.45. The summed E-state index contributed by atoms with van der Waals surface area (Å²) in [7, 11) is 0. The molecule has 0 saturated carbocycles. The molecule has 4 nitrogen and oxygen atoms in total. The van der Waals surface area contributed by atoms with Crippen molar-refractivity contribution in [3.8, 4) is 0 Å². The third-order valence-corrected chi connectivity index (χ3v) is 7.05. The van der Waals surface area contributed by atoms with Crippen LogP contribution >= 0.6 is 0 Å². The van der Waals surface area contributed by atoms with Crippen LogP contribution in [0, 0.1) is 0 Å². The number of hydrogen-bond acceptors (Lipinski definition) is 2. The van der Waals surface area contributed by atoms with Crippen LogP contribution in [-0.2, 0) is 4.79 Å². The third-order valence-electron chi connectivity index (χ3n) is 7.05. The molecule has 0 radical (unpaired) electrons. The molecular weight excluding hydrogens is 394 g/mol. The van der Waals surface area contributed by atoms with Gasteiger partial charge in [-0.25, -0.2) is 4.99 Å². The van der Waals surface area contributed by atoms with E-state index < -0.39 is 0 Å². The smallest absolute Gasteiger partial charge is 0.217 e. The Morgan fingerprint density at radius 2 is 1.44 bits per heavy atom. The van der Waals surface area contributed by atoms with E-state index in [0.29, 0.717) is 0 Å². The summed E-state index contributed by atoms with van der Waals surface area (Å²) < 4.78 is 0.994. The first kappa shape index (κ1) is 28.9. The fraction of sp³-hybridized carbons (Fsp3) is 0.857. The number of quaternary nitrogens is 1. The Morgan fingerprint density at radius 1 is 0.875 bits per heavy atom. The van der Waals surface area contributed by atoms with E-state index in [4.69, 9.17) is 4.99 Å². The standard InChI is InChI=1S/C28H53N3O/c1-4-6-7-8-9-10-11-12-13-14-15-16-17-18-19-20-21-22-28-30-24-26-31(28,5-2)25-23-29-27(3)32/h10-11H,4-9,12-26H2,1-3H3/p+1/b11-10+. The lowest BCUT2D eigenvalue weighted by molar-refractivity contribution is -0.833. The zero-order valence-electron chi connectivity index (χ0n) is 21.8. The van der Waals surface area contributed by atoms with Gasteiger partial charge in [-0.1, -0.05) is 83.3 Å². The van der Waals surface area contributed by atoms with Gasteiger partial charge in [-0.3, -0.25) is 9.28 Å². The number of carbonyl (C=O) groups is 1. The van der Waals surface area contributed by atoms with E-state index in [2.05, 4.69) is 31.3 Å². The maximum atomic E-state index is 11.2. The van der Waals surface area contributed by atoms with Crippen LogP contribution in [0.1, 0.15) is 124 Å². The summed E-state index contributed by atoms with van der Waals surface area (Å²) in [6.45, 7) is 11.0. The third kappa shape index (κ3) is 13.4. The number of allylic oxidation sites excluding steroid dienone is 2. The molecule has 1 atom stereocenters. The number of nitrogens with one attached hydrogen (secondary N) is 1. The van der Waals surface area contributed by atoms with E-state index in [1.165, 1.54) is 102 Å². The highest BCUT2D eigenvalue weighted by Crippen LogP contribution is 2.20. The number of amides is 1. The molecule has 1 aliphatic heterocycles. The van der Waals surface area contributed by atoms with Gasteiger partial charge >= 0.3 is 0 Å². The zero-order valence-corrected chi connectivity index (χ0v) is 21.8. The topological polar surface area (TPSA) is 41.5 Å². The molecule has 0 saturated heterocycles. The van der Waals surface area contributed by atoms with Gasteiger partial charge in [-0.2, -0.15) is 0 Å². The van der Waals surface area contributed by atoms with Crippen molar-refractivity contribution >= 4 is 11.7 Å². The highest BCUT2D eigenvalue weighted by molar-refractivity contribution is 5.77. The molecule has 0 aromatic heterocycles. The molecule has 0 spiro atoms. The number of hydrogen-bond donors (Lipinski definition) is 1. The summed E-state index contributed by atoms with van der Waals surface area (Å²) in [6, 6.07) is 0. The molecule has 32 heavy (non-hydrogen) atoms. The predicted molar refractivity (Wildman–Crippen MR) is 140 cm³/mol. The Balaban J connectivity index is 1.96. The van der Waals surface area contributed by atoms with Crippen LogP contribution in [0.2, 0.25) is 0 Å². The lowest BCUT2D eigenvalue weighted by Gasteiger charge is -2.33. The Hall–Kier alpha value is -1.16. The number of carbonyl (C=O) groups excluding carboxylic acids is 1. The molecule has 1 aliphatic rings. The lowest BCUT2D eigenvalue weighted by Crippen LogP contribution is -2.54. The van der Waals surface area contributed by atoms with Crippen molar-refractivity contribution < 1.29 is 9.28 Å². The van der Waals surface area contributed by atoms with Crippen LogP contribution in [0.5, 0.6) is 0 Å². The van der Waals surface area contributed by atoms with Crippen molar-refractivity contribution in [2.24, 2.45) is 4.99 Å². The molecule has 0 bridgehead atoms.